The van der Waals surface area contributed by atoms with E-state index in [9.17, 15) is 14.4 Å². The Hall–Kier alpha value is -7.05. The van der Waals surface area contributed by atoms with Gasteiger partial charge in [-0.25, -0.2) is 14.4 Å². The SMILES string of the molecule is O=C(/C=C/c1ccccc1)Oc1ccc(C(c2ccc(OC(=O)/C=C/c3ccccc3)cc2)c2ccc(OC(=O)/C=C/c3ccccc3)cc2)cc1. The maximum atomic E-state index is 12.5. The van der Waals surface area contributed by atoms with Gasteiger partial charge >= 0.3 is 17.9 Å². The minimum Gasteiger partial charge on any atom is -0.423 e. The summed E-state index contributed by atoms with van der Waals surface area (Å²) in [7, 11) is 0. The Labute approximate surface area is 302 Å². The number of ether oxygens (including phenoxy) is 3. The van der Waals surface area contributed by atoms with E-state index in [2.05, 4.69) is 0 Å². The molecule has 0 amide bonds. The molecule has 0 fully saturated rings. The topological polar surface area (TPSA) is 78.9 Å². The average molecular weight is 683 g/mol. The summed E-state index contributed by atoms with van der Waals surface area (Å²) >= 11 is 0. The minimum atomic E-state index is -0.486. The number of carbonyl (C=O) groups is 3. The van der Waals surface area contributed by atoms with Crippen LogP contribution in [0.25, 0.3) is 18.2 Å². The van der Waals surface area contributed by atoms with Crippen molar-refractivity contribution in [3.8, 4) is 17.2 Å². The number of rotatable bonds is 12. The van der Waals surface area contributed by atoms with Crippen molar-refractivity contribution in [2.24, 2.45) is 0 Å². The lowest BCUT2D eigenvalue weighted by molar-refractivity contribution is -0.129. The molecule has 0 saturated carbocycles. The summed E-state index contributed by atoms with van der Waals surface area (Å²) in [6.45, 7) is 0. The second-order valence-electron chi connectivity index (χ2n) is 11.6. The van der Waals surface area contributed by atoms with E-state index in [1.807, 2.05) is 127 Å². The second kappa shape index (κ2) is 17.6. The van der Waals surface area contributed by atoms with E-state index in [-0.39, 0.29) is 5.92 Å². The summed E-state index contributed by atoms with van der Waals surface area (Å²) in [6, 6.07) is 50.4. The fourth-order valence-electron chi connectivity index (χ4n) is 5.40. The maximum absolute atomic E-state index is 12.5. The Morgan fingerprint density at radius 2 is 0.596 bits per heavy atom. The Balaban J connectivity index is 1.19. The molecule has 6 aromatic carbocycles. The lowest BCUT2D eigenvalue weighted by atomic mass is 9.85. The standard InChI is InChI=1S/C46H34O6/c47-43(31-16-34-10-4-1-5-11-34)50-40-25-19-37(20-26-40)46(38-21-27-41(28-22-38)51-44(48)32-17-35-12-6-2-7-13-35)39-23-29-42(30-24-39)52-45(49)33-18-36-14-8-3-9-15-36/h1-33,46H/b31-16+,32-17+,33-18+. The zero-order chi connectivity index (χ0) is 36.0. The minimum absolute atomic E-state index is 0.256. The smallest absolute Gasteiger partial charge is 0.336 e. The van der Waals surface area contributed by atoms with Gasteiger partial charge in [-0.2, -0.15) is 0 Å². The molecule has 0 atom stereocenters. The van der Waals surface area contributed by atoms with Gasteiger partial charge in [0.25, 0.3) is 0 Å². The summed E-state index contributed by atoms with van der Waals surface area (Å²) in [5.41, 5.74) is 5.45. The number of carbonyl (C=O) groups excluding carboxylic acids is 3. The highest BCUT2D eigenvalue weighted by Gasteiger charge is 2.18. The van der Waals surface area contributed by atoms with Gasteiger partial charge in [0.15, 0.2) is 0 Å². The first-order valence-electron chi connectivity index (χ1n) is 16.6. The second-order valence-corrected chi connectivity index (χ2v) is 11.6. The van der Waals surface area contributed by atoms with E-state index < -0.39 is 17.9 Å². The molecule has 254 valence electrons. The molecule has 0 N–H and O–H groups in total. The first kappa shape index (κ1) is 34.8. The normalized spacial score (nSPS) is 11.2. The molecular formula is C46H34O6. The zero-order valence-electron chi connectivity index (χ0n) is 28.1. The lowest BCUT2D eigenvalue weighted by Crippen LogP contribution is -2.07. The molecule has 6 aromatic rings. The predicted octanol–water partition coefficient (Wildman–Crippen LogP) is 9.72. The molecule has 0 aliphatic heterocycles. The van der Waals surface area contributed by atoms with Crippen molar-refractivity contribution < 1.29 is 28.6 Å². The van der Waals surface area contributed by atoms with Crippen LogP contribution < -0.4 is 14.2 Å². The Bertz CT molecular complexity index is 1910. The number of esters is 3. The van der Waals surface area contributed by atoms with Gasteiger partial charge in [0.1, 0.15) is 17.2 Å². The summed E-state index contributed by atoms with van der Waals surface area (Å²) in [6.07, 6.45) is 9.28. The highest BCUT2D eigenvalue weighted by atomic mass is 16.5. The molecule has 6 rings (SSSR count). The van der Waals surface area contributed by atoms with Crippen molar-refractivity contribution in [2.75, 3.05) is 0 Å². The van der Waals surface area contributed by atoms with Gasteiger partial charge in [0, 0.05) is 24.1 Å². The van der Waals surface area contributed by atoms with Crippen LogP contribution in [0.3, 0.4) is 0 Å². The molecule has 0 unspecified atom stereocenters. The molecule has 6 heteroatoms. The molecule has 52 heavy (non-hydrogen) atoms. The summed E-state index contributed by atoms with van der Waals surface area (Å²) < 4.78 is 16.7. The van der Waals surface area contributed by atoms with Gasteiger partial charge < -0.3 is 14.2 Å². The van der Waals surface area contributed by atoms with Crippen molar-refractivity contribution in [1.29, 1.82) is 0 Å². The molecule has 0 aliphatic carbocycles. The first-order chi connectivity index (χ1) is 25.5. The molecule has 6 nitrogen and oxygen atoms in total. The fraction of sp³-hybridized carbons (Fsp3) is 0.0217. The third-order valence-electron chi connectivity index (χ3n) is 7.93. The highest BCUT2D eigenvalue weighted by molar-refractivity contribution is 5.90. The number of hydrogen-bond donors (Lipinski definition) is 0. The Morgan fingerprint density at radius 1 is 0.346 bits per heavy atom. The van der Waals surface area contributed by atoms with Gasteiger partial charge in [-0.3, -0.25) is 0 Å². The molecule has 0 heterocycles. The predicted molar refractivity (Wildman–Crippen MR) is 204 cm³/mol. The van der Waals surface area contributed by atoms with Gasteiger partial charge in [0.2, 0.25) is 0 Å². The molecule has 0 aliphatic rings. The lowest BCUT2D eigenvalue weighted by Gasteiger charge is -2.20. The van der Waals surface area contributed by atoms with Crippen molar-refractivity contribution in [2.45, 2.75) is 5.92 Å². The molecule has 0 saturated heterocycles. The number of benzene rings is 6. The van der Waals surface area contributed by atoms with Crippen LogP contribution in [-0.2, 0) is 14.4 Å². The van der Waals surface area contributed by atoms with Crippen LogP contribution in [0.2, 0.25) is 0 Å². The summed E-state index contributed by atoms with van der Waals surface area (Å²) in [4.78, 5) is 37.5. The zero-order valence-corrected chi connectivity index (χ0v) is 28.1. The maximum Gasteiger partial charge on any atom is 0.336 e. The molecule has 0 aromatic heterocycles. The monoisotopic (exact) mass is 682 g/mol. The molecular weight excluding hydrogens is 648 g/mol. The summed E-state index contributed by atoms with van der Waals surface area (Å²) in [5, 5.41) is 0. The average Bonchev–Trinajstić information content (AvgIpc) is 3.19. The fourth-order valence-corrected chi connectivity index (χ4v) is 5.40. The largest absolute Gasteiger partial charge is 0.423 e. The van der Waals surface area contributed by atoms with Crippen LogP contribution in [0.4, 0.5) is 0 Å². The van der Waals surface area contributed by atoms with E-state index >= 15 is 0 Å². The first-order valence-corrected chi connectivity index (χ1v) is 16.6. The summed E-state index contributed by atoms with van der Waals surface area (Å²) in [5.74, 6) is -0.499. The molecule has 0 spiro atoms. The third kappa shape index (κ3) is 10.2. The quantitative estimate of drug-likeness (QED) is 0.0554. The van der Waals surface area contributed by atoms with E-state index in [1.54, 1.807) is 54.6 Å². The van der Waals surface area contributed by atoms with E-state index in [0.717, 1.165) is 33.4 Å². The third-order valence-corrected chi connectivity index (χ3v) is 7.93. The van der Waals surface area contributed by atoms with Crippen LogP contribution in [0.15, 0.2) is 182 Å². The van der Waals surface area contributed by atoms with Gasteiger partial charge in [-0.15, -0.1) is 0 Å². The van der Waals surface area contributed by atoms with Crippen molar-refractivity contribution in [1.82, 2.24) is 0 Å². The van der Waals surface area contributed by atoms with Crippen molar-refractivity contribution in [3.05, 3.63) is 215 Å². The molecule has 0 radical (unpaired) electrons. The van der Waals surface area contributed by atoms with Crippen LogP contribution in [-0.4, -0.2) is 17.9 Å². The van der Waals surface area contributed by atoms with Crippen molar-refractivity contribution in [3.63, 3.8) is 0 Å². The Morgan fingerprint density at radius 3 is 0.846 bits per heavy atom. The molecule has 0 bridgehead atoms. The van der Waals surface area contributed by atoms with E-state index in [0.29, 0.717) is 17.2 Å². The number of hydrogen-bond acceptors (Lipinski definition) is 6. The van der Waals surface area contributed by atoms with Gasteiger partial charge in [0.05, 0.1) is 0 Å². The Kier molecular flexibility index (Phi) is 11.8. The van der Waals surface area contributed by atoms with Crippen molar-refractivity contribution >= 4 is 36.1 Å². The highest BCUT2D eigenvalue weighted by Crippen LogP contribution is 2.35. The van der Waals surface area contributed by atoms with E-state index in [1.165, 1.54) is 18.2 Å². The van der Waals surface area contributed by atoms with Gasteiger partial charge in [-0.1, -0.05) is 127 Å². The van der Waals surface area contributed by atoms with Crippen LogP contribution in [0.1, 0.15) is 39.3 Å². The van der Waals surface area contributed by atoms with Gasteiger partial charge in [-0.05, 0) is 88.0 Å². The van der Waals surface area contributed by atoms with Crippen LogP contribution in [0.5, 0.6) is 17.2 Å². The van der Waals surface area contributed by atoms with Crippen LogP contribution >= 0.6 is 0 Å². The van der Waals surface area contributed by atoms with E-state index in [4.69, 9.17) is 14.2 Å². The van der Waals surface area contributed by atoms with Crippen LogP contribution in [0, 0.1) is 0 Å².